The van der Waals surface area contributed by atoms with E-state index in [1.54, 1.807) is 6.92 Å². The van der Waals surface area contributed by atoms with Crippen molar-refractivity contribution in [2.75, 3.05) is 6.26 Å². The monoisotopic (exact) mass is 296 g/mol. The maximum Gasteiger partial charge on any atom is 0.152 e. The fourth-order valence-electron chi connectivity index (χ4n) is 2.03. The summed E-state index contributed by atoms with van der Waals surface area (Å²) in [6.45, 7) is 5.43. The molecule has 0 spiro atoms. The highest BCUT2D eigenvalue weighted by Gasteiger charge is 2.31. The zero-order valence-electron chi connectivity index (χ0n) is 12.1. The molecule has 2 rings (SSSR count). The zero-order chi connectivity index (χ0) is 14.9. The normalized spacial score (nSPS) is 15.7. The summed E-state index contributed by atoms with van der Waals surface area (Å²) in [6, 6.07) is 5.67. The Bertz CT molecular complexity index is 658. The summed E-state index contributed by atoms with van der Waals surface area (Å²) in [6.07, 6.45) is 4.29. The Morgan fingerprint density at radius 3 is 2.50 bits per heavy atom. The van der Waals surface area contributed by atoms with Crippen molar-refractivity contribution in [1.82, 2.24) is 9.38 Å². The molecule has 0 aromatic carbocycles. The summed E-state index contributed by atoms with van der Waals surface area (Å²) >= 11 is 0. The second kappa shape index (κ2) is 5.54. The van der Waals surface area contributed by atoms with Crippen LogP contribution in [0, 0.1) is 0 Å². The van der Waals surface area contributed by atoms with Crippen molar-refractivity contribution in [3.63, 3.8) is 0 Å². The van der Waals surface area contributed by atoms with Crippen LogP contribution >= 0.6 is 0 Å². The van der Waals surface area contributed by atoms with E-state index < -0.39 is 21.2 Å². The quantitative estimate of drug-likeness (QED) is 0.849. The van der Waals surface area contributed by atoms with E-state index >= 15 is 0 Å². The van der Waals surface area contributed by atoms with Crippen molar-refractivity contribution >= 4 is 15.5 Å². The van der Waals surface area contributed by atoms with E-state index in [9.17, 15) is 8.42 Å². The summed E-state index contributed by atoms with van der Waals surface area (Å²) in [5, 5.41) is -0.644. The van der Waals surface area contributed by atoms with Gasteiger partial charge in [-0.15, -0.1) is 0 Å². The van der Waals surface area contributed by atoms with E-state index in [0.717, 1.165) is 5.65 Å². The molecule has 0 unspecified atom stereocenters. The van der Waals surface area contributed by atoms with Crippen LogP contribution in [0.25, 0.3) is 5.65 Å². The van der Waals surface area contributed by atoms with E-state index in [2.05, 4.69) is 4.98 Å². The van der Waals surface area contributed by atoms with Crippen molar-refractivity contribution in [1.29, 1.82) is 0 Å². The third-order valence-electron chi connectivity index (χ3n) is 3.19. The van der Waals surface area contributed by atoms with Gasteiger partial charge in [0.15, 0.2) is 9.84 Å². The SMILES string of the molecule is CC(C)O[C@@H](c1cn2ccccc2n1)[C@H](C)S(C)(=O)=O. The van der Waals surface area contributed by atoms with Gasteiger partial charge in [0.1, 0.15) is 11.8 Å². The van der Waals surface area contributed by atoms with Gasteiger partial charge in [-0.05, 0) is 32.9 Å². The highest BCUT2D eigenvalue weighted by atomic mass is 32.2. The number of fused-ring (bicyclic) bond motifs is 1. The van der Waals surface area contributed by atoms with Gasteiger partial charge < -0.3 is 9.14 Å². The molecule has 110 valence electrons. The highest BCUT2D eigenvalue weighted by Crippen LogP contribution is 2.26. The smallest absolute Gasteiger partial charge is 0.152 e. The number of ether oxygens (including phenoxy) is 1. The third-order valence-corrected chi connectivity index (χ3v) is 4.79. The van der Waals surface area contributed by atoms with Gasteiger partial charge in [-0.3, -0.25) is 0 Å². The molecular formula is C14H20N2O3S. The number of sulfone groups is 1. The van der Waals surface area contributed by atoms with Crippen LogP contribution < -0.4 is 0 Å². The molecule has 0 aliphatic carbocycles. The van der Waals surface area contributed by atoms with Crippen molar-refractivity contribution in [2.24, 2.45) is 0 Å². The fourth-order valence-corrected chi connectivity index (χ4v) is 2.68. The van der Waals surface area contributed by atoms with Crippen molar-refractivity contribution < 1.29 is 13.2 Å². The summed E-state index contributed by atoms with van der Waals surface area (Å²) in [7, 11) is -3.21. The summed E-state index contributed by atoms with van der Waals surface area (Å²) in [5.74, 6) is 0. The van der Waals surface area contributed by atoms with Crippen molar-refractivity contribution in [3.8, 4) is 0 Å². The van der Waals surface area contributed by atoms with Crippen LogP contribution in [0.2, 0.25) is 0 Å². The number of imidazole rings is 1. The van der Waals surface area contributed by atoms with Gasteiger partial charge in [0.25, 0.3) is 0 Å². The van der Waals surface area contributed by atoms with Crippen LogP contribution in [-0.2, 0) is 14.6 Å². The molecule has 0 saturated carbocycles. The average molecular weight is 296 g/mol. The standard InChI is InChI=1S/C14H20N2O3S/c1-10(2)19-14(11(3)20(4,17)18)12-9-16-8-6-5-7-13(16)15-12/h5-11,14H,1-4H3/t11-,14+/m0/s1. The number of hydrogen-bond donors (Lipinski definition) is 0. The van der Waals surface area contributed by atoms with Gasteiger partial charge >= 0.3 is 0 Å². The van der Waals surface area contributed by atoms with Crippen molar-refractivity contribution in [3.05, 3.63) is 36.3 Å². The van der Waals surface area contributed by atoms with E-state index in [0.29, 0.717) is 5.69 Å². The second-order valence-corrected chi connectivity index (χ2v) is 7.67. The minimum Gasteiger partial charge on any atom is -0.368 e. The Morgan fingerprint density at radius 1 is 1.25 bits per heavy atom. The number of aromatic nitrogens is 2. The zero-order valence-corrected chi connectivity index (χ0v) is 13.0. The Morgan fingerprint density at radius 2 is 1.95 bits per heavy atom. The molecule has 0 fully saturated rings. The van der Waals surface area contributed by atoms with E-state index in [-0.39, 0.29) is 6.10 Å². The molecule has 0 radical (unpaired) electrons. The van der Waals surface area contributed by atoms with Crippen LogP contribution in [0.15, 0.2) is 30.6 Å². The Balaban J connectivity index is 2.45. The molecule has 0 bridgehead atoms. The molecule has 0 amide bonds. The average Bonchev–Trinajstić information content (AvgIpc) is 2.77. The van der Waals surface area contributed by atoms with Gasteiger partial charge in [0, 0.05) is 18.6 Å². The molecule has 2 heterocycles. The number of pyridine rings is 1. The number of nitrogens with zero attached hydrogens (tertiary/aromatic N) is 2. The fraction of sp³-hybridized carbons (Fsp3) is 0.500. The van der Waals surface area contributed by atoms with E-state index in [1.807, 2.05) is 48.8 Å². The second-order valence-electron chi connectivity index (χ2n) is 5.27. The molecule has 2 atom stereocenters. The van der Waals surface area contributed by atoms with Crippen LogP contribution in [0.1, 0.15) is 32.6 Å². The van der Waals surface area contributed by atoms with E-state index in [1.165, 1.54) is 6.26 Å². The first-order chi connectivity index (χ1) is 9.29. The predicted molar refractivity (Wildman–Crippen MR) is 78.5 cm³/mol. The number of hydrogen-bond acceptors (Lipinski definition) is 4. The third kappa shape index (κ3) is 3.19. The first kappa shape index (κ1) is 15.0. The van der Waals surface area contributed by atoms with E-state index in [4.69, 9.17) is 4.74 Å². The lowest BCUT2D eigenvalue weighted by Crippen LogP contribution is -2.28. The van der Waals surface area contributed by atoms with Gasteiger partial charge in [-0.25, -0.2) is 13.4 Å². The topological polar surface area (TPSA) is 60.7 Å². The maximum atomic E-state index is 11.8. The molecule has 0 saturated heterocycles. The van der Waals surface area contributed by atoms with Gasteiger partial charge in [-0.1, -0.05) is 6.07 Å². The molecule has 0 N–H and O–H groups in total. The summed E-state index contributed by atoms with van der Waals surface area (Å²) < 4.78 is 31.3. The van der Waals surface area contributed by atoms with Gasteiger partial charge in [0.2, 0.25) is 0 Å². The first-order valence-electron chi connectivity index (χ1n) is 6.57. The lowest BCUT2D eigenvalue weighted by Gasteiger charge is -2.23. The Labute approximate surface area is 119 Å². The summed E-state index contributed by atoms with van der Waals surface area (Å²) in [5.41, 5.74) is 1.42. The van der Waals surface area contributed by atoms with Crippen LogP contribution in [0.4, 0.5) is 0 Å². The predicted octanol–water partition coefficient (Wildman–Crippen LogP) is 2.23. The lowest BCUT2D eigenvalue weighted by atomic mass is 10.2. The molecule has 2 aromatic heterocycles. The Kier molecular flexibility index (Phi) is 4.15. The van der Waals surface area contributed by atoms with Crippen molar-refractivity contribution in [2.45, 2.75) is 38.2 Å². The number of rotatable bonds is 5. The molecular weight excluding hydrogens is 276 g/mol. The molecule has 20 heavy (non-hydrogen) atoms. The molecule has 0 aliphatic heterocycles. The van der Waals surface area contributed by atoms with Crippen LogP contribution in [0.3, 0.4) is 0 Å². The van der Waals surface area contributed by atoms with Crippen LogP contribution in [-0.4, -0.2) is 35.4 Å². The van der Waals surface area contributed by atoms with Gasteiger partial charge in [0.05, 0.1) is 17.0 Å². The molecule has 0 aliphatic rings. The maximum absolute atomic E-state index is 11.8. The summed E-state index contributed by atoms with van der Waals surface area (Å²) in [4.78, 5) is 4.47. The minimum atomic E-state index is -3.21. The highest BCUT2D eigenvalue weighted by molar-refractivity contribution is 7.91. The first-order valence-corrected chi connectivity index (χ1v) is 8.52. The minimum absolute atomic E-state index is 0.0750. The largest absolute Gasteiger partial charge is 0.368 e. The molecule has 5 nitrogen and oxygen atoms in total. The molecule has 6 heteroatoms. The Hall–Kier alpha value is -1.40. The lowest BCUT2D eigenvalue weighted by molar-refractivity contribution is 0.00445. The van der Waals surface area contributed by atoms with Gasteiger partial charge in [-0.2, -0.15) is 0 Å². The molecule has 2 aromatic rings. The van der Waals surface area contributed by atoms with Crippen LogP contribution in [0.5, 0.6) is 0 Å².